The lowest BCUT2D eigenvalue weighted by atomic mass is 10.0. The molecule has 1 atom stereocenters. The zero-order valence-corrected chi connectivity index (χ0v) is 12.9. The van der Waals surface area contributed by atoms with Gasteiger partial charge in [-0.1, -0.05) is 11.6 Å². The molecule has 0 saturated carbocycles. The summed E-state index contributed by atoms with van der Waals surface area (Å²) in [5.41, 5.74) is 1.13. The van der Waals surface area contributed by atoms with Crippen LogP contribution in [0, 0.1) is 13.8 Å². The largest absolute Gasteiger partial charge is 0.444 e. The maximum Gasteiger partial charge on any atom is 0.408 e. The van der Waals surface area contributed by atoms with Crippen molar-refractivity contribution in [2.75, 3.05) is 0 Å². The molecular formula is C13H18ClN3O3. The average Bonchev–Trinajstić information content (AvgIpc) is 2.30. The van der Waals surface area contributed by atoms with Crippen molar-refractivity contribution in [2.45, 2.75) is 46.3 Å². The van der Waals surface area contributed by atoms with Crippen LogP contribution < -0.4 is 5.32 Å². The lowest BCUT2D eigenvalue weighted by Gasteiger charge is -2.22. The smallest absolute Gasteiger partial charge is 0.408 e. The Kier molecular flexibility index (Phi) is 5.05. The van der Waals surface area contributed by atoms with E-state index in [1.807, 2.05) is 0 Å². The van der Waals surface area contributed by atoms with E-state index in [9.17, 15) is 9.59 Å². The molecule has 1 heterocycles. The van der Waals surface area contributed by atoms with Crippen LogP contribution in [0.4, 0.5) is 4.79 Å². The van der Waals surface area contributed by atoms with Crippen molar-refractivity contribution in [1.82, 2.24) is 15.5 Å². The van der Waals surface area contributed by atoms with Crippen LogP contribution in [0.1, 0.15) is 43.6 Å². The highest BCUT2D eigenvalue weighted by Crippen LogP contribution is 2.24. The normalized spacial score (nSPS) is 12.7. The Balaban J connectivity index is 3.01. The number of alkyl carbamates (subject to hydrolysis) is 1. The summed E-state index contributed by atoms with van der Waals surface area (Å²) in [6.45, 7) is 8.71. The van der Waals surface area contributed by atoms with Gasteiger partial charge in [0.2, 0.25) is 0 Å². The topological polar surface area (TPSA) is 81.2 Å². The molecule has 6 nitrogen and oxygen atoms in total. The van der Waals surface area contributed by atoms with Gasteiger partial charge in [0.1, 0.15) is 17.9 Å². The minimum Gasteiger partial charge on any atom is -0.444 e. The van der Waals surface area contributed by atoms with E-state index in [0.29, 0.717) is 23.1 Å². The van der Waals surface area contributed by atoms with Crippen LogP contribution in [0.5, 0.6) is 0 Å². The molecule has 0 aliphatic carbocycles. The molecule has 1 aromatic rings. The van der Waals surface area contributed by atoms with Gasteiger partial charge < -0.3 is 14.8 Å². The number of ether oxygens (including phenoxy) is 1. The average molecular weight is 300 g/mol. The number of nitrogens with one attached hydrogen (secondary N) is 1. The monoisotopic (exact) mass is 299 g/mol. The molecule has 1 N–H and O–H groups in total. The summed E-state index contributed by atoms with van der Waals surface area (Å²) in [5, 5.41) is 10.2. The van der Waals surface area contributed by atoms with Gasteiger partial charge in [0, 0.05) is 5.56 Å². The van der Waals surface area contributed by atoms with Gasteiger partial charge >= 0.3 is 6.09 Å². The van der Waals surface area contributed by atoms with Crippen LogP contribution in [-0.2, 0) is 9.53 Å². The van der Waals surface area contributed by atoms with E-state index in [-0.39, 0.29) is 5.15 Å². The van der Waals surface area contributed by atoms with Crippen molar-refractivity contribution in [3.05, 3.63) is 22.0 Å². The number of aromatic nitrogens is 2. The Hall–Kier alpha value is -1.69. The second-order valence-corrected chi connectivity index (χ2v) is 5.73. The molecular weight excluding hydrogens is 282 g/mol. The van der Waals surface area contributed by atoms with Crippen LogP contribution in [0.3, 0.4) is 0 Å². The van der Waals surface area contributed by atoms with Crippen molar-refractivity contribution in [3.8, 4) is 0 Å². The van der Waals surface area contributed by atoms with Gasteiger partial charge in [-0.25, -0.2) is 4.79 Å². The summed E-state index contributed by atoms with van der Waals surface area (Å²) in [4.78, 5) is 23.0. The van der Waals surface area contributed by atoms with Crippen molar-refractivity contribution >= 4 is 24.0 Å². The van der Waals surface area contributed by atoms with Crippen molar-refractivity contribution in [1.29, 1.82) is 0 Å². The molecule has 0 radical (unpaired) electrons. The molecule has 1 unspecified atom stereocenters. The maximum atomic E-state index is 11.7. The molecule has 110 valence electrons. The quantitative estimate of drug-likeness (QED) is 0.867. The predicted octanol–water partition coefficient (Wildman–Crippen LogP) is 2.51. The first-order valence-corrected chi connectivity index (χ1v) is 6.47. The molecule has 1 amide bonds. The molecule has 7 heteroatoms. The van der Waals surface area contributed by atoms with E-state index in [1.165, 1.54) is 0 Å². The van der Waals surface area contributed by atoms with Crippen molar-refractivity contribution in [3.63, 3.8) is 0 Å². The van der Waals surface area contributed by atoms with Gasteiger partial charge in [0.05, 0.1) is 5.69 Å². The Morgan fingerprint density at radius 3 is 2.45 bits per heavy atom. The number of nitrogens with zero attached hydrogens (tertiary/aromatic N) is 2. The molecule has 0 aromatic carbocycles. The van der Waals surface area contributed by atoms with Gasteiger partial charge in [0.25, 0.3) is 0 Å². The van der Waals surface area contributed by atoms with Crippen LogP contribution in [0.15, 0.2) is 0 Å². The highest BCUT2D eigenvalue weighted by atomic mass is 35.5. The summed E-state index contributed by atoms with van der Waals surface area (Å²) < 4.78 is 5.11. The molecule has 0 saturated heterocycles. The third-order valence-corrected chi connectivity index (χ3v) is 2.86. The number of aryl methyl sites for hydroxylation is 1. The number of hydrogen-bond donors (Lipinski definition) is 1. The molecule has 0 spiro atoms. The Labute approximate surface area is 122 Å². The number of carbonyl (C=O) groups is 2. The molecule has 20 heavy (non-hydrogen) atoms. The minimum absolute atomic E-state index is 0.0845. The molecule has 1 aromatic heterocycles. The second-order valence-electron chi connectivity index (χ2n) is 5.37. The third-order valence-electron chi connectivity index (χ3n) is 2.58. The van der Waals surface area contributed by atoms with Gasteiger partial charge in [0.15, 0.2) is 5.15 Å². The van der Waals surface area contributed by atoms with E-state index in [1.54, 1.807) is 34.6 Å². The van der Waals surface area contributed by atoms with E-state index >= 15 is 0 Å². The van der Waals surface area contributed by atoms with Gasteiger partial charge in [-0.2, -0.15) is 5.10 Å². The van der Waals surface area contributed by atoms with Crippen molar-refractivity contribution < 1.29 is 14.3 Å². The fraction of sp³-hybridized carbons (Fsp3) is 0.538. The first kappa shape index (κ1) is 16.4. The highest BCUT2D eigenvalue weighted by Gasteiger charge is 2.24. The number of hydrogen-bond acceptors (Lipinski definition) is 5. The van der Waals surface area contributed by atoms with Crippen LogP contribution in [0.25, 0.3) is 0 Å². The molecule has 0 bridgehead atoms. The molecule has 0 aliphatic rings. The Bertz CT molecular complexity index is 526. The second kappa shape index (κ2) is 6.17. The summed E-state index contributed by atoms with van der Waals surface area (Å²) >= 11 is 5.97. The predicted molar refractivity (Wildman–Crippen MR) is 74.7 cm³/mol. The minimum atomic E-state index is -0.924. The Morgan fingerprint density at radius 1 is 1.35 bits per heavy atom. The summed E-state index contributed by atoms with van der Waals surface area (Å²) in [7, 11) is 0. The zero-order chi connectivity index (χ0) is 15.5. The van der Waals surface area contributed by atoms with Gasteiger partial charge in [-0.15, -0.1) is 5.10 Å². The van der Waals surface area contributed by atoms with E-state index in [2.05, 4.69) is 15.5 Å². The van der Waals surface area contributed by atoms with Crippen LogP contribution in [0.2, 0.25) is 5.15 Å². The fourth-order valence-electron chi connectivity index (χ4n) is 1.57. The summed E-state index contributed by atoms with van der Waals surface area (Å²) in [5.74, 6) is 0. The molecule has 1 rings (SSSR count). The molecule has 0 fully saturated rings. The summed E-state index contributed by atoms with van der Waals surface area (Å²) in [6, 6.07) is -0.924. The van der Waals surface area contributed by atoms with Gasteiger partial charge in [-0.05, 0) is 40.2 Å². The van der Waals surface area contributed by atoms with E-state index in [4.69, 9.17) is 16.3 Å². The first-order chi connectivity index (χ1) is 9.15. The third kappa shape index (κ3) is 4.16. The summed E-state index contributed by atoms with van der Waals surface area (Å²) in [6.07, 6.45) is -0.112. The van der Waals surface area contributed by atoms with E-state index in [0.717, 1.165) is 0 Å². The number of carbonyl (C=O) groups excluding carboxylic acids is 2. The molecule has 0 aliphatic heterocycles. The van der Waals surface area contributed by atoms with Crippen molar-refractivity contribution in [2.24, 2.45) is 0 Å². The number of halogens is 1. The van der Waals surface area contributed by atoms with Crippen LogP contribution >= 0.6 is 11.6 Å². The lowest BCUT2D eigenvalue weighted by molar-refractivity contribution is -0.109. The highest BCUT2D eigenvalue weighted by molar-refractivity contribution is 6.30. The maximum absolute atomic E-state index is 11.7. The van der Waals surface area contributed by atoms with Crippen LogP contribution in [-0.4, -0.2) is 28.2 Å². The number of rotatable bonds is 3. The first-order valence-electron chi connectivity index (χ1n) is 6.09. The van der Waals surface area contributed by atoms with Gasteiger partial charge in [-0.3, -0.25) is 0 Å². The zero-order valence-electron chi connectivity index (χ0n) is 12.2. The Morgan fingerprint density at radius 2 is 1.95 bits per heavy atom. The lowest BCUT2D eigenvalue weighted by Crippen LogP contribution is -2.36. The number of aldehydes is 1. The number of amides is 1. The SMILES string of the molecule is Cc1nnc(Cl)c(C(C=O)NC(=O)OC(C)(C)C)c1C. The fourth-order valence-corrected chi connectivity index (χ4v) is 1.86. The van der Waals surface area contributed by atoms with E-state index < -0.39 is 17.7 Å². The standard InChI is InChI=1S/C13H18ClN3O3/c1-7-8(2)16-17-11(14)10(7)9(6-18)15-12(19)20-13(3,4)5/h6,9H,1-5H3,(H,15,19).